The van der Waals surface area contributed by atoms with Gasteiger partial charge >= 0.3 is 0 Å². The Morgan fingerprint density at radius 1 is 1.20 bits per heavy atom. The number of piperazine rings is 1. The monoisotopic (exact) mass is 282 g/mol. The highest BCUT2D eigenvalue weighted by Gasteiger charge is 2.28. The van der Waals surface area contributed by atoms with Crippen molar-refractivity contribution >= 4 is 0 Å². The van der Waals surface area contributed by atoms with E-state index in [0.29, 0.717) is 11.5 Å². The van der Waals surface area contributed by atoms with E-state index >= 15 is 0 Å². The lowest BCUT2D eigenvalue weighted by atomic mass is 9.93. The molecule has 1 aliphatic heterocycles. The summed E-state index contributed by atoms with van der Waals surface area (Å²) in [6, 6.07) is 2.73. The summed E-state index contributed by atoms with van der Waals surface area (Å²) in [6.45, 7) is 9.33. The molecule has 1 heterocycles. The molecular formula is C16H24F2N2. The second-order valence-electron chi connectivity index (χ2n) is 6.02. The fourth-order valence-corrected chi connectivity index (χ4v) is 2.87. The maximum atomic E-state index is 14.4. The molecule has 0 spiro atoms. The summed E-state index contributed by atoms with van der Waals surface area (Å²) in [4.78, 5) is 2.21. The van der Waals surface area contributed by atoms with E-state index < -0.39 is 5.82 Å². The Hall–Kier alpha value is -1.00. The van der Waals surface area contributed by atoms with Gasteiger partial charge < -0.3 is 5.32 Å². The van der Waals surface area contributed by atoms with E-state index in [0.717, 1.165) is 32.6 Å². The van der Waals surface area contributed by atoms with Crippen LogP contribution in [0.5, 0.6) is 0 Å². The van der Waals surface area contributed by atoms with Crippen LogP contribution in [0.4, 0.5) is 8.78 Å². The molecule has 0 radical (unpaired) electrons. The highest BCUT2D eigenvalue weighted by atomic mass is 19.1. The molecular weight excluding hydrogens is 258 g/mol. The highest BCUT2D eigenvalue weighted by molar-refractivity contribution is 5.29. The maximum absolute atomic E-state index is 14.4. The Morgan fingerprint density at radius 2 is 1.85 bits per heavy atom. The van der Waals surface area contributed by atoms with Gasteiger partial charge in [-0.2, -0.15) is 0 Å². The largest absolute Gasteiger partial charge is 0.314 e. The van der Waals surface area contributed by atoms with E-state index in [9.17, 15) is 8.78 Å². The number of hydrogen-bond acceptors (Lipinski definition) is 2. The van der Waals surface area contributed by atoms with Gasteiger partial charge in [0.15, 0.2) is 0 Å². The second kappa shape index (κ2) is 6.64. The minimum Gasteiger partial charge on any atom is -0.314 e. The van der Waals surface area contributed by atoms with E-state index in [-0.39, 0.29) is 17.4 Å². The van der Waals surface area contributed by atoms with Crippen molar-refractivity contribution < 1.29 is 8.78 Å². The van der Waals surface area contributed by atoms with Crippen LogP contribution < -0.4 is 5.32 Å². The van der Waals surface area contributed by atoms with Crippen LogP contribution >= 0.6 is 0 Å². The average molecular weight is 282 g/mol. The summed E-state index contributed by atoms with van der Waals surface area (Å²) in [5, 5.41) is 3.29. The van der Waals surface area contributed by atoms with Crippen LogP contribution in [0.1, 0.15) is 37.4 Å². The fourth-order valence-electron chi connectivity index (χ4n) is 2.87. The number of aryl methyl sites for hydroxylation is 1. The van der Waals surface area contributed by atoms with Crippen molar-refractivity contribution in [1.82, 2.24) is 10.2 Å². The van der Waals surface area contributed by atoms with Gasteiger partial charge in [-0.15, -0.1) is 0 Å². The Labute approximate surface area is 120 Å². The van der Waals surface area contributed by atoms with Gasteiger partial charge in [-0.05, 0) is 30.9 Å². The molecule has 112 valence electrons. The van der Waals surface area contributed by atoms with Crippen molar-refractivity contribution in [3.8, 4) is 0 Å². The lowest BCUT2D eigenvalue weighted by molar-refractivity contribution is 0.147. The molecule has 0 aromatic heterocycles. The van der Waals surface area contributed by atoms with Gasteiger partial charge in [0.2, 0.25) is 0 Å². The Kier molecular flexibility index (Phi) is 5.11. The molecule has 1 N–H and O–H groups in total. The van der Waals surface area contributed by atoms with Crippen molar-refractivity contribution in [2.75, 3.05) is 26.2 Å². The van der Waals surface area contributed by atoms with Crippen molar-refractivity contribution in [2.45, 2.75) is 33.2 Å². The third-order valence-corrected chi connectivity index (χ3v) is 3.94. The van der Waals surface area contributed by atoms with E-state index in [1.165, 1.54) is 12.1 Å². The molecule has 1 aliphatic rings. The molecule has 0 aliphatic carbocycles. The number of nitrogens with one attached hydrogen (secondary N) is 1. The Morgan fingerprint density at radius 3 is 2.45 bits per heavy atom. The molecule has 4 heteroatoms. The molecule has 20 heavy (non-hydrogen) atoms. The van der Waals surface area contributed by atoms with Crippen LogP contribution in [0.25, 0.3) is 0 Å². The average Bonchev–Trinajstić information content (AvgIpc) is 2.43. The minimum absolute atomic E-state index is 0.169. The summed E-state index contributed by atoms with van der Waals surface area (Å²) in [5.74, 6) is -0.402. The number of hydrogen-bond donors (Lipinski definition) is 1. The molecule has 0 bridgehead atoms. The van der Waals surface area contributed by atoms with E-state index in [1.54, 1.807) is 6.92 Å². The quantitative estimate of drug-likeness (QED) is 0.912. The van der Waals surface area contributed by atoms with E-state index in [4.69, 9.17) is 0 Å². The van der Waals surface area contributed by atoms with Gasteiger partial charge in [-0.3, -0.25) is 4.90 Å². The summed E-state index contributed by atoms with van der Waals surface area (Å²) < 4.78 is 28.6. The lowest BCUT2D eigenvalue weighted by Gasteiger charge is -2.36. The standard InChI is InChI=1S/C16H24F2N2/c1-11(2)10-14(20-8-6-19-7-9-20)15-13(17)5-4-12(3)16(15)18/h4-5,11,14,19H,6-10H2,1-3H3/t14-/m0/s1. The summed E-state index contributed by atoms with van der Waals surface area (Å²) in [7, 11) is 0. The zero-order valence-electron chi connectivity index (χ0n) is 12.5. The highest BCUT2D eigenvalue weighted by Crippen LogP contribution is 2.32. The number of nitrogens with zero attached hydrogens (tertiary/aromatic N) is 1. The van der Waals surface area contributed by atoms with Gasteiger partial charge in [0.05, 0.1) is 0 Å². The van der Waals surface area contributed by atoms with Crippen LogP contribution in [0.15, 0.2) is 12.1 Å². The van der Waals surface area contributed by atoms with Crippen molar-refractivity contribution in [1.29, 1.82) is 0 Å². The van der Waals surface area contributed by atoms with Crippen molar-refractivity contribution in [3.63, 3.8) is 0 Å². The van der Waals surface area contributed by atoms with Gasteiger partial charge in [-0.25, -0.2) is 8.78 Å². The third kappa shape index (κ3) is 3.36. The molecule has 1 saturated heterocycles. The Balaban J connectivity index is 2.37. The molecule has 1 atom stereocenters. The van der Waals surface area contributed by atoms with Crippen LogP contribution in [0.3, 0.4) is 0 Å². The first-order chi connectivity index (χ1) is 9.50. The molecule has 2 rings (SSSR count). The molecule has 1 aromatic rings. The SMILES string of the molecule is Cc1ccc(F)c([C@H](CC(C)C)N2CCNCC2)c1F. The first-order valence-corrected chi connectivity index (χ1v) is 7.40. The third-order valence-electron chi connectivity index (χ3n) is 3.94. The van der Waals surface area contributed by atoms with E-state index in [2.05, 4.69) is 24.1 Å². The van der Waals surface area contributed by atoms with Crippen LogP contribution in [-0.4, -0.2) is 31.1 Å². The predicted octanol–water partition coefficient (Wildman–Crippen LogP) is 3.27. The number of benzene rings is 1. The molecule has 1 fully saturated rings. The zero-order chi connectivity index (χ0) is 14.7. The number of rotatable bonds is 4. The predicted molar refractivity (Wildman–Crippen MR) is 77.7 cm³/mol. The normalized spacial score (nSPS) is 18.5. The summed E-state index contributed by atoms with van der Waals surface area (Å²) in [5.41, 5.74) is 0.769. The minimum atomic E-state index is -0.419. The van der Waals surface area contributed by atoms with Crippen molar-refractivity contribution in [3.05, 3.63) is 34.9 Å². The number of halogens is 2. The lowest BCUT2D eigenvalue weighted by Crippen LogP contribution is -2.45. The van der Waals surface area contributed by atoms with Gasteiger partial charge in [-0.1, -0.05) is 19.9 Å². The molecule has 0 unspecified atom stereocenters. The van der Waals surface area contributed by atoms with E-state index in [1.807, 2.05) is 0 Å². The van der Waals surface area contributed by atoms with Crippen molar-refractivity contribution in [2.24, 2.45) is 5.92 Å². The van der Waals surface area contributed by atoms with Gasteiger partial charge in [0, 0.05) is 37.8 Å². The van der Waals surface area contributed by atoms with Crippen LogP contribution in [-0.2, 0) is 0 Å². The summed E-state index contributed by atoms with van der Waals surface area (Å²) >= 11 is 0. The Bertz CT molecular complexity index is 454. The fraction of sp³-hybridized carbons (Fsp3) is 0.625. The molecule has 2 nitrogen and oxygen atoms in total. The van der Waals surface area contributed by atoms with Gasteiger partial charge in [0.1, 0.15) is 11.6 Å². The summed E-state index contributed by atoms with van der Waals surface area (Å²) in [6.07, 6.45) is 0.775. The second-order valence-corrected chi connectivity index (χ2v) is 6.02. The zero-order valence-corrected chi connectivity index (χ0v) is 12.5. The topological polar surface area (TPSA) is 15.3 Å². The van der Waals surface area contributed by atoms with Crippen LogP contribution in [0.2, 0.25) is 0 Å². The molecule has 1 aromatic carbocycles. The first-order valence-electron chi connectivity index (χ1n) is 7.40. The smallest absolute Gasteiger partial charge is 0.133 e. The molecule has 0 saturated carbocycles. The maximum Gasteiger partial charge on any atom is 0.133 e. The van der Waals surface area contributed by atoms with Gasteiger partial charge in [0.25, 0.3) is 0 Å². The molecule has 0 amide bonds. The van der Waals surface area contributed by atoms with Crippen LogP contribution in [0, 0.1) is 24.5 Å². The first kappa shape index (κ1) is 15.4.